The van der Waals surface area contributed by atoms with E-state index in [0.717, 1.165) is 37.2 Å². The minimum Gasteiger partial charge on any atom is -0.491 e. The Bertz CT molecular complexity index is 667. The zero-order chi connectivity index (χ0) is 16.9. The van der Waals surface area contributed by atoms with Crippen molar-refractivity contribution in [2.75, 3.05) is 13.1 Å². The first-order chi connectivity index (χ1) is 11.6. The fourth-order valence-corrected chi connectivity index (χ4v) is 3.20. The van der Waals surface area contributed by atoms with E-state index in [0.29, 0.717) is 12.5 Å². The molecule has 1 aromatic heterocycles. The number of benzene rings is 1. The van der Waals surface area contributed by atoms with Gasteiger partial charge in [0.05, 0.1) is 24.9 Å². The Hall–Kier alpha value is -2.30. The second kappa shape index (κ2) is 7.51. The molecule has 0 radical (unpaired) electrons. The molecule has 2 aromatic rings. The van der Waals surface area contributed by atoms with E-state index in [1.165, 1.54) is 0 Å². The molecule has 1 atom stereocenters. The minimum absolute atomic E-state index is 0.0989. The van der Waals surface area contributed by atoms with Gasteiger partial charge >= 0.3 is 0 Å². The van der Waals surface area contributed by atoms with Crippen LogP contribution in [0, 0.1) is 0 Å². The smallest absolute Gasteiger partial charge is 0.227 e. The molecule has 5 heteroatoms. The predicted octanol–water partition coefficient (Wildman–Crippen LogP) is 3.08. The molecule has 0 aliphatic carbocycles. The summed E-state index contributed by atoms with van der Waals surface area (Å²) in [7, 11) is 0. The van der Waals surface area contributed by atoms with E-state index in [9.17, 15) is 4.79 Å². The SMILES string of the molecule is CC(C)Oc1ccccc1CC(=O)N1CCC[C@@H](n2ccnc2)C1. The van der Waals surface area contributed by atoms with Crippen molar-refractivity contribution in [3.63, 3.8) is 0 Å². The third kappa shape index (κ3) is 3.96. The Balaban J connectivity index is 1.66. The number of rotatable bonds is 5. The molecule has 0 saturated carbocycles. The fourth-order valence-electron chi connectivity index (χ4n) is 3.20. The number of carbonyl (C=O) groups is 1. The quantitative estimate of drug-likeness (QED) is 0.848. The van der Waals surface area contributed by atoms with Gasteiger partial charge in [-0.25, -0.2) is 4.98 Å². The number of piperidine rings is 1. The molecule has 3 rings (SSSR count). The Morgan fingerprint density at radius 2 is 2.21 bits per heavy atom. The van der Waals surface area contributed by atoms with Crippen LogP contribution in [0.25, 0.3) is 0 Å². The third-order valence-corrected chi connectivity index (χ3v) is 4.37. The van der Waals surface area contributed by atoms with Crippen molar-refractivity contribution in [3.05, 3.63) is 48.5 Å². The number of para-hydroxylation sites is 1. The predicted molar refractivity (Wildman–Crippen MR) is 93.0 cm³/mol. The summed E-state index contributed by atoms with van der Waals surface area (Å²) in [4.78, 5) is 18.9. The van der Waals surface area contributed by atoms with Gasteiger partial charge in [0, 0.05) is 31.0 Å². The highest BCUT2D eigenvalue weighted by molar-refractivity contribution is 5.79. The number of amides is 1. The number of hydrogen-bond donors (Lipinski definition) is 0. The van der Waals surface area contributed by atoms with Crippen LogP contribution in [0.15, 0.2) is 43.0 Å². The van der Waals surface area contributed by atoms with E-state index in [-0.39, 0.29) is 12.0 Å². The number of nitrogens with zero attached hydrogens (tertiary/aromatic N) is 3. The number of carbonyl (C=O) groups excluding carboxylic acids is 1. The summed E-state index contributed by atoms with van der Waals surface area (Å²) < 4.78 is 7.94. The Labute approximate surface area is 143 Å². The molecule has 2 heterocycles. The number of likely N-dealkylation sites (tertiary alicyclic amines) is 1. The largest absolute Gasteiger partial charge is 0.491 e. The first-order valence-corrected chi connectivity index (χ1v) is 8.63. The van der Waals surface area contributed by atoms with Gasteiger partial charge in [-0.1, -0.05) is 18.2 Å². The van der Waals surface area contributed by atoms with Gasteiger partial charge < -0.3 is 14.2 Å². The van der Waals surface area contributed by atoms with Gasteiger partial charge in [0.1, 0.15) is 5.75 Å². The minimum atomic E-state index is 0.0989. The van der Waals surface area contributed by atoms with Crippen molar-refractivity contribution in [2.45, 2.75) is 45.3 Å². The number of ether oxygens (including phenoxy) is 1. The monoisotopic (exact) mass is 327 g/mol. The van der Waals surface area contributed by atoms with Crippen LogP contribution in [-0.4, -0.2) is 39.6 Å². The Kier molecular flexibility index (Phi) is 5.18. The summed E-state index contributed by atoms with van der Waals surface area (Å²) in [6, 6.07) is 8.15. The lowest BCUT2D eigenvalue weighted by atomic mass is 10.0. The average molecular weight is 327 g/mol. The molecule has 0 N–H and O–H groups in total. The van der Waals surface area contributed by atoms with Crippen molar-refractivity contribution >= 4 is 5.91 Å². The third-order valence-electron chi connectivity index (χ3n) is 4.37. The molecule has 1 fully saturated rings. The number of imidazole rings is 1. The second-order valence-electron chi connectivity index (χ2n) is 6.60. The second-order valence-corrected chi connectivity index (χ2v) is 6.60. The Morgan fingerprint density at radius 1 is 1.38 bits per heavy atom. The van der Waals surface area contributed by atoms with Crippen molar-refractivity contribution in [1.29, 1.82) is 0 Å². The summed E-state index contributed by atoms with van der Waals surface area (Å²) in [6.45, 7) is 5.58. The van der Waals surface area contributed by atoms with Gasteiger partial charge in [0.2, 0.25) is 5.91 Å². The zero-order valence-corrected chi connectivity index (χ0v) is 14.4. The Morgan fingerprint density at radius 3 is 2.96 bits per heavy atom. The summed E-state index contributed by atoms with van der Waals surface area (Å²) >= 11 is 0. The molecule has 1 aliphatic rings. The molecule has 24 heavy (non-hydrogen) atoms. The van der Waals surface area contributed by atoms with Crippen LogP contribution in [0.2, 0.25) is 0 Å². The summed E-state index contributed by atoms with van der Waals surface area (Å²) in [5.41, 5.74) is 0.959. The summed E-state index contributed by atoms with van der Waals surface area (Å²) in [6.07, 6.45) is 8.21. The number of hydrogen-bond acceptors (Lipinski definition) is 3. The lowest BCUT2D eigenvalue weighted by molar-refractivity contribution is -0.132. The average Bonchev–Trinajstić information content (AvgIpc) is 3.11. The van der Waals surface area contributed by atoms with Gasteiger partial charge in [0.25, 0.3) is 0 Å². The van der Waals surface area contributed by atoms with Gasteiger partial charge in [-0.15, -0.1) is 0 Å². The van der Waals surface area contributed by atoms with E-state index in [1.54, 1.807) is 6.20 Å². The molecule has 5 nitrogen and oxygen atoms in total. The first-order valence-electron chi connectivity index (χ1n) is 8.63. The highest BCUT2D eigenvalue weighted by atomic mass is 16.5. The molecular weight excluding hydrogens is 302 g/mol. The van der Waals surface area contributed by atoms with Crippen molar-refractivity contribution in [1.82, 2.24) is 14.5 Å². The van der Waals surface area contributed by atoms with Crippen LogP contribution in [0.3, 0.4) is 0 Å². The van der Waals surface area contributed by atoms with E-state index in [1.807, 2.05) is 55.5 Å². The van der Waals surface area contributed by atoms with Crippen molar-refractivity contribution in [3.8, 4) is 5.75 Å². The van der Waals surface area contributed by atoms with Gasteiger partial charge in [0.15, 0.2) is 0 Å². The molecule has 128 valence electrons. The van der Waals surface area contributed by atoms with Crippen molar-refractivity contribution < 1.29 is 9.53 Å². The van der Waals surface area contributed by atoms with Crippen LogP contribution in [0.4, 0.5) is 0 Å². The van der Waals surface area contributed by atoms with Crippen LogP contribution < -0.4 is 4.74 Å². The maximum Gasteiger partial charge on any atom is 0.227 e. The number of aromatic nitrogens is 2. The maximum atomic E-state index is 12.8. The standard InChI is InChI=1S/C19H25N3O2/c1-15(2)24-18-8-4-3-6-16(18)12-19(23)21-10-5-7-17(13-21)22-11-9-20-14-22/h3-4,6,8-9,11,14-15,17H,5,7,10,12-13H2,1-2H3/t17-/m1/s1. The molecule has 0 unspecified atom stereocenters. The molecule has 1 amide bonds. The molecular formula is C19H25N3O2. The molecule has 0 spiro atoms. The normalized spacial score (nSPS) is 18.0. The molecule has 1 aromatic carbocycles. The van der Waals surface area contributed by atoms with Crippen LogP contribution >= 0.6 is 0 Å². The zero-order valence-electron chi connectivity index (χ0n) is 14.4. The van der Waals surface area contributed by atoms with E-state index >= 15 is 0 Å². The highest BCUT2D eigenvalue weighted by Gasteiger charge is 2.25. The van der Waals surface area contributed by atoms with Crippen LogP contribution in [0.5, 0.6) is 5.75 Å². The lowest BCUT2D eigenvalue weighted by Gasteiger charge is -2.33. The van der Waals surface area contributed by atoms with Crippen molar-refractivity contribution in [2.24, 2.45) is 0 Å². The molecule has 0 bridgehead atoms. The summed E-state index contributed by atoms with van der Waals surface area (Å²) in [5.74, 6) is 0.976. The highest BCUT2D eigenvalue weighted by Crippen LogP contribution is 2.24. The first kappa shape index (κ1) is 16.6. The van der Waals surface area contributed by atoms with E-state index in [4.69, 9.17) is 4.74 Å². The van der Waals surface area contributed by atoms with Gasteiger partial charge in [-0.05, 0) is 32.8 Å². The fraction of sp³-hybridized carbons (Fsp3) is 0.474. The van der Waals surface area contributed by atoms with E-state index < -0.39 is 0 Å². The lowest BCUT2D eigenvalue weighted by Crippen LogP contribution is -2.41. The maximum absolute atomic E-state index is 12.8. The van der Waals surface area contributed by atoms with E-state index in [2.05, 4.69) is 9.55 Å². The van der Waals surface area contributed by atoms with Crippen LogP contribution in [0.1, 0.15) is 38.3 Å². The van der Waals surface area contributed by atoms with Gasteiger partial charge in [-0.2, -0.15) is 0 Å². The molecule has 1 aliphatic heterocycles. The van der Waals surface area contributed by atoms with Crippen LogP contribution in [-0.2, 0) is 11.2 Å². The van der Waals surface area contributed by atoms with Gasteiger partial charge in [-0.3, -0.25) is 4.79 Å². The summed E-state index contributed by atoms with van der Waals surface area (Å²) in [5, 5.41) is 0. The molecule has 1 saturated heterocycles. The topological polar surface area (TPSA) is 47.4 Å².